The number of aryl methyl sites for hydroxylation is 1. The number of hydrogen-bond acceptors (Lipinski definition) is 4. The van der Waals surface area contributed by atoms with Crippen LogP contribution in [0.4, 0.5) is 0 Å². The second-order valence-corrected chi connectivity index (χ2v) is 3.80. The lowest BCUT2D eigenvalue weighted by molar-refractivity contribution is 0.292. The van der Waals surface area contributed by atoms with Gasteiger partial charge in [-0.05, 0) is 37.1 Å². The van der Waals surface area contributed by atoms with E-state index in [1.165, 1.54) is 5.56 Å². The molecular formula is C13H21NO3. The average Bonchev–Trinajstić information content (AvgIpc) is 2.38. The molecule has 96 valence electrons. The highest BCUT2D eigenvalue weighted by Gasteiger charge is 2.01. The van der Waals surface area contributed by atoms with Gasteiger partial charge in [-0.3, -0.25) is 0 Å². The normalized spacial score (nSPS) is 10.3. The fourth-order valence-electron chi connectivity index (χ4n) is 1.63. The van der Waals surface area contributed by atoms with Crippen molar-refractivity contribution in [3.8, 4) is 11.5 Å². The van der Waals surface area contributed by atoms with Gasteiger partial charge in [-0.1, -0.05) is 0 Å². The van der Waals surface area contributed by atoms with Crippen molar-refractivity contribution in [1.29, 1.82) is 0 Å². The molecule has 1 aromatic rings. The molecule has 0 aliphatic heterocycles. The number of benzene rings is 1. The van der Waals surface area contributed by atoms with Gasteiger partial charge in [-0.2, -0.15) is 0 Å². The van der Waals surface area contributed by atoms with Crippen molar-refractivity contribution in [1.82, 2.24) is 5.32 Å². The molecule has 0 heterocycles. The van der Waals surface area contributed by atoms with Crippen molar-refractivity contribution >= 4 is 0 Å². The van der Waals surface area contributed by atoms with Crippen molar-refractivity contribution in [3.05, 3.63) is 23.8 Å². The summed E-state index contributed by atoms with van der Waals surface area (Å²) in [6.07, 6.45) is 1.99. The molecule has 0 aromatic heterocycles. The van der Waals surface area contributed by atoms with E-state index in [2.05, 4.69) is 5.32 Å². The van der Waals surface area contributed by atoms with Gasteiger partial charge in [0.25, 0.3) is 0 Å². The highest BCUT2D eigenvalue weighted by Crippen LogP contribution is 2.23. The smallest absolute Gasteiger partial charge is 0.122 e. The van der Waals surface area contributed by atoms with Gasteiger partial charge >= 0.3 is 0 Å². The van der Waals surface area contributed by atoms with Gasteiger partial charge in [0.2, 0.25) is 0 Å². The first-order valence-corrected chi connectivity index (χ1v) is 5.83. The van der Waals surface area contributed by atoms with Crippen LogP contribution in [0.15, 0.2) is 18.2 Å². The van der Waals surface area contributed by atoms with Crippen molar-refractivity contribution in [2.24, 2.45) is 0 Å². The third-order valence-corrected chi connectivity index (χ3v) is 2.52. The van der Waals surface area contributed by atoms with E-state index in [9.17, 15) is 0 Å². The van der Waals surface area contributed by atoms with E-state index in [1.807, 2.05) is 18.2 Å². The van der Waals surface area contributed by atoms with E-state index in [4.69, 9.17) is 14.6 Å². The zero-order valence-electron chi connectivity index (χ0n) is 10.5. The standard InChI is InChI=1S/C13H21NO3/c1-16-12-8-11(9-13(10-12)17-2)4-3-5-14-6-7-15/h8-10,14-15H,3-7H2,1-2H3. The molecule has 0 unspecified atom stereocenters. The molecule has 4 heteroatoms. The Morgan fingerprint density at radius 1 is 1.06 bits per heavy atom. The Labute approximate surface area is 103 Å². The summed E-state index contributed by atoms with van der Waals surface area (Å²) < 4.78 is 10.4. The first-order valence-electron chi connectivity index (χ1n) is 5.83. The fourth-order valence-corrected chi connectivity index (χ4v) is 1.63. The number of hydrogen-bond donors (Lipinski definition) is 2. The van der Waals surface area contributed by atoms with Gasteiger partial charge in [0, 0.05) is 12.6 Å². The molecule has 0 saturated heterocycles. The Hall–Kier alpha value is -1.26. The number of methoxy groups -OCH3 is 2. The summed E-state index contributed by atoms with van der Waals surface area (Å²) in [6, 6.07) is 5.91. The van der Waals surface area contributed by atoms with Gasteiger partial charge in [-0.25, -0.2) is 0 Å². The molecule has 0 aliphatic carbocycles. The Morgan fingerprint density at radius 3 is 2.24 bits per heavy atom. The molecule has 4 nitrogen and oxygen atoms in total. The van der Waals surface area contributed by atoms with E-state index in [1.54, 1.807) is 14.2 Å². The van der Waals surface area contributed by atoms with Gasteiger partial charge < -0.3 is 19.9 Å². The summed E-state index contributed by atoms with van der Waals surface area (Å²) in [6.45, 7) is 1.74. The maximum absolute atomic E-state index is 8.62. The molecule has 2 N–H and O–H groups in total. The highest BCUT2D eigenvalue weighted by molar-refractivity contribution is 5.38. The zero-order chi connectivity index (χ0) is 12.5. The average molecular weight is 239 g/mol. The first-order chi connectivity index (χ1) is 8.30. The number of rotatable bonds is 8. The Balaban J connectivity index is 2.46. The quantitative estimate of drug-likeness (QED) is 0.670. The van der Waals surface area contributed by atoms with Gasteiger partial charge in [-0.15, -0.1) is 0 Å². The summed E-state index contributed by atoms with van der Waals surface area (Å²) in [5.74, 6) is 1.64. The first kappa shape index (κ1) is 13.8. The van der Waals surface area contributed by atoms with Crippen LogP contribution in [0.5, 0.6) is 11.5 Å². The van der Waals surface area contributed by atoms with E-state index in [0.29, 0.717) is 6.54 Å². The van der Waals surface area contributed by atoms with E-state index in [0.717, 1.165) is 30.9 Å². The maximum atomic E-state index is 8.62. The molecular weight excluding hydrogens is 218 g/mol. The molecule has 0 saturated carbocycles. The Bertz CT molecular complexity index is 306. The highest BCUT2D eigenvalue weighted by atomic mass is 16.5. The summed E-state index contributed by atoms with van der Waals surface area (Å²) in [4.78, 5) is 0. The summed E-state index contributed by atoms with van der Waals surface area (Å²) in [7, 11) is 3.31. The Kier molecular flexibility index (Phi) is 6.43. The minimum Gasteiger partial charge on any atom is -0.497 e. The number of aliphatic hydroxyl groups excluding tert-OH is 1. The molecule has 0 amide bonds. The largest absolute Gasteiger partial charge is 0.497 e. The summed E-state index contributed by atoms with van der Waals surface area (Å²) >= 11 is 0. The molecule has 0 aliphatic rings. The van der Waals surface area contributed by atoms with Gasteiger partial charge in [0.05, 0.1) is 20.8 Å². The molecule has 1 aromatic carbocycles. The summed E-state index contributed by atoms with van der Waals surface area (Å²) in [5.41, 5.74) is 1.20. The van der Waals surface area contributed by atoms with Crippen molar-refractivity contribution in [2.75, 3.05) is 33.9 Å². The molecule has 0 atom stereocenters. The maximum Gasteiger partial charge on any atom is 0.122 e. The number of nitrogens with one attached hydrogen (secondary N) is 1. The van der Waals surface area contributed by atoms with E-state index in [-0.39, 0.29) is 6.61 Å². The molecule has 0 bridgehead atoms. The molecule has 17 heavy (non-hydrogen) atoms. The van der Waals surface area contributed by atoms with Crippen molar-refractivity contribution in [2.45, 2.75) is 12.8 Å². The SMILES string of the molecule is COc1cc(CCCNCCO)cc(OC)c1. The van der Waals surface area contributed by atoms with Crippen molar-refractivity contribution < 1.29 is 14.6 Å². The van der Waals surface area contributed by atoms with Crippen LogP contribution < -0.4 is 14.8 Å². The lowest BCUT2D eigenvalue weighted by atomic mass is 10.1. The molecule has 0 radical (unpaired) electrons. The molecule has 1 rings (SSSR count). The molecule has 0 fully saturated rings. The van der Waals surface area contributed by atoms with Crippen LogP contribution in [0.1, 0.15) is 12.0 Å². The van der Waals surface area contributed by atoms with Crippen LogP contribution >= 0.6 is 0 Å². The van der Waals surface area contributed by atoms with Crippen LogP contribution in [0.3, 0.4) is 0 Å². The number of ether oxygens (including phenoxy) is 2. The second-order valence-electron chi connectivity index (χ2n) is 3.80. The zero-order valence-corrected chi connectivity index (χ0v) is 10.5. The number of aliphatic hydroxyl groups is 1. The van der Waals surface area contributed by atoms with Crippen LogP contribution in [0.2, 0.25) is 0 Å². The third-order valence-electron chi connectivity index (χ3n) is 2.52. The van der Waals surface area contributed by atoms with Crippen molar-refractivity contribution in [3.63, 3.8) is 0 Å². The predicted molar refractivity (Wildman–Crippen MR) is 67.8 cm³/mol. The van der Waals surface area contributed by atoms with Crippen LogP contribution in [-0.2, 0) is 6.42 Å². The fraction of sp³-hybridized carbons (Fsp3) is 0.538. The molecule has 0 spiro atoms. The van der Waals surface area contributed by atoms with Gasteiger partial charge in [0.15, 0.2) is 0 Å². The minimum atomic E-state index is 0.187. The van der Waals surface area contributed by atoms with E-state index < -0.39 is 0 Å². The van der Waals surface area contributed by atoms with Crippen LogP contribution in [-0.4, -0.2) is 39.0 Å². The van der Waals surface area contributed by atoms with Crippen LogP contribution in [0.25, 0.3) is 0 Å². The van der Waals surface area contributed by atoms with Gasteiger partial charge in [0.1, 0.15) is 11.5 Å². The monoisotopic (exact) mass is 239 g/mol. The topological polar surface area (TPSA) is 50.7 Å². The second kappa shape index (κ2) is 7.92. The van der Waals surface area contributed by atoms with Crippen LogP contribution in [0, 0.1) is 0 Å². The minimum absolute atomic E-state index is 0.187. The van der Waals surface area contributed by atoms with E-state index >= 15 is 0 Å². The summed E-state index contributed by atoms with van der Waals surface area (Å²) in [5, 5.41) is 11.8. The predicted octanol–water partition coefficient (Wildman–Crippen LogP) is 1.22. The third kappa shape index (κ3) is 5.06. The lowest BCUT2D eigenvalue weighted by Gasteiger charge is -2.08. The lowest BCUT2D eigenvalue weighted by Crippen LogP contribution is -2.19. The Morgan fingerprint density at radius 2 is 1.71 bits per heavy atom.